The molecule has 0 N–H and O–H groups in total. The summed E-state index contributed by atoms with van der Waals surface area (Å²) >= 11 is 0. The molecule has 4 rings (SSSR count). The first-order valence-electron chi connectivity index (χ1n) is 12.9. The standard InChI is InChI=1S/C29H34FN5O3/c1-4-9-23(30)13-8-10-21(2)17-34(3)28-27-25(16-31-19-32-28)35(20-33-27)26-15-14-24(38-26)18-37-29(36)22-11-6-5-7-12-22/h5-8,10-13,19-20,24,26H,2,4,9,14-18H2,1,3H3/b10-8-,23-13+. The molecule has 9 heteroatoms. The second-order valence-corrected chi connectivity index (χ2v) is 9.35. The molecule has 38 heavy (non-hydrogen) atoms. The molecule has 8 nitrogen and oxygen atoms in total. The summed E-state index contributed by atoms with van der Waals surface area (Å²) in [5.41, 5.74) is 2.97. The van der Waals surface area contributed by atoms with Crippen LogP contribution in [0.3, 0.4) is 0 Å². The number of benzene rings is 1. The van der Waals surface area contributed by atoms with Crippen LogP contribution in [0.15, 0.2) is 82.9 Å². The Hall–Kier alpha value is -3.85. The first-order valence-corrected chi connectivity index (χ1v) is 12.9. The minimum atomic E-state index is -0.356. The number of esters is 1. The van der Waals surface area contributed by atoms with Gasteiger partial charge in [0.05, 0.1) is 36.1 Å². The first kappa shape index (κ1) is 27.2. The number of imidazole rings is 1. The summed E-state index contributed by atoms with van der Waals surface area (Å²) in [6.07, 6.45) is 10.6. The van der Waals surface area contributed by atoms with Gasteiger partial charge in [-0.25, -0.2) is 19.2 Å². The van der Waals surface area contributed by atoms with Crippen LogP contribution in [-0.2, 0) is 16.0 Å². The Bertz CT molecular complexity index is 1250. The number of hydrogen-bond donors (Lipinski definition) is 0. The van der Waals surface area contributed by atoms with Gasteiger partial charge in [-0.05, 0) is 49.5 Å². The average molecular weight is 520 g/mol. The van der Waals surface area contributed by atoms with Gasteiger partial charge in [-0.15, -0.1) is 0 Å². The van der Waals surface area contributed by atoms with Crippen molar-refractivity contribution in [1.29, 1.82) is 0 Å². The van der Waals surface area contributed by atoms with E-state index in [0.29, 0.717) is 30.9 Å². The number of halogens is 1. The van der Waals surface area contributed by atoms with Crippen LogP contribution >= 0.6 is 0 Å². The minimum Gasteiger partial charge on any atom is -0.459 e. The normalized spacial score (nSPS) is 19.2. The van der Waals surface area contributed by atoms with Crippen LogP contribution in [0.1, 0.15) is 60.6 Å². The Balaban J connectivity index is 1.37. The van der Waals surface area contributed by atoms with Crippen LogP contribution in [0.4, 0.5) is 4.39 Å². The lowest BCUT2D eigenvalue weighted by Gasteiger charge is -2.21. The second-order valence-electron chi connectivity index (χ2n) is 9.35. The number of rotatable bonds is 10. The van der Waals surface area contributed by atoms with Gasteiger partial charge < -0.3 is 18.9 Å². The van der Waals surface area contributed by atoms with Crippen LogP contribution in [0.25, 0.3) is 0 Å². The number of carbonyl (C=O) groups excluding carboxylic acids is 1. The number of aromatic nitrogens is 2. The van der Waals surface area contributed by atoms with Crippen molar-refractivity contribution in [1.82, 2.24) is 14.5 Å². The summed E-state index contributed by atoms with van der Waals surface area (Å²) in [7, 11) is 1.91. The number of allylic oxidation sites excluding steroid dienone is 3. The van der Waals surface area contributed by atoms with E-state index >= 15 is 0 Å². The van der Waals surface area contributed by atoms with Gasteiger partial charge in [-0.1, -0.05) is 43.9 Å². The predicted octanol–water partition coefficient (Wildman–Crippen LogP) is 5.40. The van der Waals surface area contributed by atoms with Crippen LogP contribution in [0, 0.1) is 0 Å². The van der Waals surface area contributed by atoms with Crippen LogP contribution in [0.2, 0.25) is 0 Å². The van der Waals surface area contributed by atoms with Crippen molar-refractivity contribution in [2.75, 3.05) is 20.2 Å². The highest BCUT2D eigenvalue weighted by atomic mass is 19.1. The van der Waals surface area contributed by atoms with Gasteiger partial charge in [0, 0.05) is 13.6 Å². The maximum Gasteiger partial charge on any atom is 0.338 e. The Morgan fingerprint density at radius 3 is 2.92 bits per heavy atom. The van der Waals surface area contributed by atoms with Crippen molar-refractivity contribution < 1.29 is 18.7 Å². The smallest absolute Gasteiger partial charge is 0.338 e. The van der Waals surface area contributed by atoms with Gasteiger partial charge in [0.1, 0.15) is 24.9 Å². The third-order valence-electron chi connectivity index (χ3n) is 6.32. The predicted molar refractivity (Wildman–Crippen MR) is 146 cm³/mol. The number of aliphatic imine (C=N–C) groups is 2. The summed E-state index contributed by atoms with van der Waals surface area (Å²) in [6.45, 7) is 7.14. The molecule has 3 heterocycles. The summed E-state index contributed by atoms with van der Waals surface area (Å²) < 4.78 is 27.3. The fraction of sp³-hybridized carbons (Fsp3) is 0.379. The van der Waals surface area contributed by atoms with E-state index in [4.69, 9.17) is 9.47 Å². The zero-order valence-electron chi connectivity index (χ0n) is 21.9. The van der Waals surface area contributed by atoms with E-state index < -0.39 is 0 Å². The number of likely N-dealkylation sites (N-methyl/N-ethyl adjacent to an activating group) is 1. The van der Waals surface area contributed by atoms with Gasteiger partial charge in [-0.3, -0.25) is 4.99 Å². The van der Waals surface area contributed by atoms with Gasteiger partial charge in [0.25, 0.3) is 0 Å². The van der Waals surface area contributed by atoms with Gasteiger partial charge >= 0.3 is 5.97 Å². The van der Waals surface area contributed by atoms with Gasteiger partial charge in [0.2, 0.25) is 0 Å². The zero-order valence-corrected chi connectivity index (χ0v) is 21.9. The SMILES string of the molecule is C=C(/C=C\C=C(\F)CCC)CN(C)C1=NC=NCc2c1ncn2C1CCC(COC(=O)c2ccccc2)O1. The highest BCUT2D eigenvalue weighted by molar-refractivity contribution is 6.02. The molecule has 2 atom stereocenters. The summed E-state index contributed by atoms with van der Waals surface area (Å²) in [4.78, 5) is 27.8. The molecule has 1 fully saturated rings. The lowest BCUT2D eigenvalue weighted by molar-refractivity contribution is -0.0331. The molecule has 0 amide bonds. The molecule has 0 bridgehead atoms. The summed E-state index contributed by atoms with van der Waals surface area (Å²) in [5.74, 6) is 0.176. The molecule has 2 aliphatic heterocycles. The summed E-state index contributed by atoms with van der Waals surface area (Å²) in [5, 5.41) is 0. The number of amidine groups is 1. The fourth-order valence-electron chi connectivity index (χ4n) is 4.42. The van der Waals surface area contributed by atoms with Crippen molar-refractivity contribution in [3.05, 3.63) is 89.8 Å². The molecule has 0 saturated carbocycles. The topological polar surface area (TPSA) is 81.3 Å². The maximum absolute atomic E-state index is 13.6. The van der Waals surface area contributed by atoms with E-state index in [2.05, 4.69) is 21.5 Å². The van der Waals surface area contributed by atoms with Gasteiger partial charge in [0.15, 0.2) is 5.84 Å². The molecule has 1 aromatic heterocycles. The molecule has 2 aliphatic rings. The molecule has 1 aromatic carbocycles. The Morgan fingerprint density at radius 1 is 1.32 bits per heavy atom. The quantitative estimate of drug-likeness (QED) is 0.310. The van der Waals surface area contributed by atoms with E-state index in [9.17, 15) is 9.18 Å². The van der Waals surface area contributed by atoms with Crippen molar-refractivity contribution >= 4 is 18.1 Å². The molecule has 2 unspecified atom stereocenters. The maximum atomic E-state index is 13.6. The lowest BCUT2D eigenvalue weighted by Crippen LogP contribution is -2.30. The van der Waals surface area contributed by atoms with Crippen molar-refractivity contribution in [3.8, 4) is 0 Å². The highest BCUT2D eigenvalue weighted by Gasteiger charge is 2.31. The van der Waals surface area contributed by atoms with Crippen molar-refractivity contribution in [2.45, 2.75) is 51.5 Å². The van der Waals surface area contributed by atoms with Crippen molar-refractivity contribution in [2.24, 2.45) is 9.98 Å². The number of hydrogen-bond acceptors (Lipinski definition) is 7. The van der Waals surface area contributed by atoms with E-state index in [0.717, 1.165) is 36.2 Å². The molecular formula is C29H34FN5O3. The van der Waals surface area contributed by atoms with Gasteiger partial charge in [-0.2, -0.15) is 0 Å². The van der Waals surface area contributed by atoms with Crippen molar-refractivity contribution in [3.63, 3.8) is 0 Å². The number of nitrogens with zero attached hydrogens (tertiary/aromatic N) is 5. The molecule has 0 aliphatic carbocycles. The highest BCUT2D eigenvalue weighted by Crippen LogP contribution is 2.31. The molecule has 2 aromatic rings. The largest absolute Gasteiger partial charge is 0.459 e. The second kappa shape index (κ2) is 13.1. The summed E-state index contributed by atoms with van der Waals surface area (Å²) in [6, 6.07) is 8.93. The Kier molecular flexibility index (Phi) is 9.37. The number of carbonyl (C=O) groups is 1. The van der Waals surface area contributed by atoms with Crippen LogP contribution in [0.5, 0.6) is 0 Å². The molecule has 0 spiro atoms. The van der Waals surface area contributed by atoms with Crippen LogP contribution < -0.4 is 0 Å². The number of ether oxygens (including phenoxy) is 2. The zero-order chi connectivity index (χ0) is 26.9. The average Bonchev–Trinajstić information content (AvgIpc) is 3.49. The Morgan fingerprint density at radius 2 is 2.13 bits per heavy atom. The van der Waals surface area contributed by atoms with Crippen LogP contribution in [-0.4, -0.2) is 58.9 Å². The third-order valence-corrected chi connectivity index (χ3v) is 6.32. The van der Waals surface area contributed by atoms with E-state index in [-0.39, 0.29) is 30.7 Å². The Labute approximate surface area is 222 Å². The monoisotopic (exact) mass is 519 g/mol. The minimum absolute atomic E-state index is 0.143. The third kappa shape index (κ3) is 6.92. The molecule has 0 radical (unpaired) electrons. The van der Waals surface area contributed by atoms with E-state index in [1.165, 1.54) is 6.08 Å². The fourth-order valence-corrected chi connectivity index (χ4v) is 4.42. The van der Waals surface area contributed by atoms with E-state index in [1.807, 2.05) is 29.5 Å². The van der Waals surface area contributed by atoms with E-state index in [1.54, 1.807) is 49.1 Å². The molecule has 200 valence electrons. The first-order chi connectivity index (χ1) is 18.5. The number of fused-ring (bicyclic) bond motifs is 1. The lowest BCUT2D eigenvalue weighted by atomic mass is 10.2. The molecular weight excluding hydrogens is 485 g/mol. The molecule has 1 saturated heterocycles.